The van der Waals surface area contributed by atoms with Crippen LogP contribution in [0.5, 0.6) is 28.7 Å². The Hall–Kier alpha value is -4.12. The number of phenolic OH excluding ortho intramolecular Hbond substituents is 3. The van der Waals surface area contributed by atoms with Gasteiger partial charge in [0, 0.05) is 12.1 Å². The van der Waals surface area contributed by atoms with E-state index < -0.39 is 0 Å². The SMILES string of the molecule is Cc1ccc(N(c2cccc(Oc3cc(O)ccc3C)c2)c2ccc(C)cc2O)c(O)c1. The van der Waals surface area contributed by atoms with Gasteiger partial charge in [-0.1, -0.05) is 24.3 Å². The Morgan fingerprint density at radius 3 is 1.88 bits per heavy atom. The van der Waals surface area contributed by atoms with Gasteiger partial charge in [-0.3, -0.25) is 0 Å². The monoisotopic (exact) mass is 427 g/mol. The second-order valence-electron chi connectivity index (χ2n) is 7.87. The second kappa shape index (κ2) is 8.55. The minimum Gasteiger partial charge on any atom is -0.508 e. The Morgan fingerprint density at radius 1 is 0.656 bits per heavy atom. The fourth-order valence-corrected chi connectivity index (χ4v) is 3.56. The molecule has 5 heteroatoms. The van der Waals surface area contributed by atoms with Gasteiger partial charge in [-0.15, -0.1) is 0 Å². The number of aromatic hydroxyl groups is 3. The molecule has 0 unspecified atom stereocenters. The van der Waals surface area contributed by atoms with Crippen molar-refractivity contribution >= 4 is 17.1 Å². The lowest BCUT2D eigenvalue weighted by atomic mass is 10.1. The van der Waals surface area contributed by atoms with Crippen molar-refractivity contribution < 1.29 is 20.1 Å². The van der Waals surface area contributed by atoms with Crippen molar-refractivity contribution in [3.8, 4) is 28.7 Å². The predicted octanol–water partition coefficient (Wildman–Crippen LogP) is 6.99. The van der Waals surface area contributed by atoms with Gasteiger partial charge in [0.2, 0.25) is 0 Å². The van der Waals surface area contributed by atoms with Gasteiger partial charge < -0.3 is 25.0 Å². The average molecular weight is 428 g/mol. The zero-order chi connectivity index (χ0) is 22.8. The number of nitrogens with zero attached hydrogens (tertiary/aromatic N) is 1. The first kappa shape index (κ1) is 21.1. The molecule has 0 bridgehead atoms. The Morgan fingerprint density at radius 2 is 1.28 bits per heavy atom. The molecule has 0 atom stereocenters. The highest BCUT2D eigenvalue weighted by molar-refractivity contribution is 5.83. The molecule has 5 nitrogen and oxygen atoms in total. The van der Waals surface area contributed by atoms with Crippen molar-refractivity contribution in [2.75, 3.05) is 4.90 Å². The molecule has 4 aromatic rings. The van der Waals surface area contributed by atoms with Crippen LogP contribution in [0.2, 0.25) is 0 Å². The number of benzene rings is 4. The number of rotatable bonds is 5. The van der Waals surface area contributed by atoms with Gasteiger partial charge in [-0.2, -0.15) is 0 Å². The zero-order valence-corrected chi connectivity index (χ0v) is 18.2. The van der Waals surface area contributed by atoms with Crippen LogP contribution in [0.3, 0.4) is 0 Å². The highest BCUT2D eigenvalue weighted by atomic mass is 16.5. The van der Waals surface area contributed by atoms with Crippen molar-refractivity contribution in [2.45, 2.75) is 20.8 Å². The van der Waals surface area contributed by atoms with Crippen LogP contribution in [0.4, 0.5) is 17.1 Å². The van der Waals surface area contributed by atoms with Crippen LogP contribution >= 0.6 is 0 Å². The quantitative estimate of drug-likeness (QED) is 0.320. The molecule has 162 valence electrons. The number of hydrogen-bond acceptors (Lipinski definition) is 5. The van der Waals surface area contributed by atoms with Gasteiger partial charge in [-0.05, 0) is 79.9 Å². The van der Waals surface area contributed by atoms with E-state index in [2.05, 4.69) is 0 Å². The minimum atomic E-state index is 0.0973. The predicted molar refractivity (Wildman–Crippen MR) is 127 cm³/mol. The summed E-state index contributed by atoms with van der Waals surface area (Å²) < 4.78 is 6.04. The lowest BCUT2D eigenvalue weighted by Gasteiger charge is -2.27. The highest BCUT2D eigenvalue weighted by Crippen LogP contribution is 2.44. The first-order valence-corrected chi connectivity index (χ1v) is 10.3. The minimum absolute atomic E-state index is 0.0973. The maximum absolute atomic E-state index is 10.7. The number of aryl methyl sites for hydroxylation is 3. The molecule has 0 aliphatic carbocycles. The average Bonchev–Trinajstić information content (AvgIpc) is 2.74. The molecule has 32 heavy (non-hydrogen) atoms. The largest absolute Gasteiger partial charge is 0.508 e. The van der Waals surface area contributed by atoms with Gasteiger partial charge >= 0.3 is 0 Å². The van der Waals surface area contributed by atoms with Crippen molar-refractivity contribution in [2.24, 2.45) is 0 Å². The van der Waals surface area contributed by atoms with Gasteiger partial charge in [0.05, 0.1) is 17.1 Å². The van der Waals surface area contributed by atoms with E-state index in [4.69, 9.17) is 4.74 Å². The van der Waals surface area contributed by atoms with Crippen LogP contribution in [0, 0.1) is 20.8 Å². The molecule has 0 aliphatic rings. The van der Waals surface area contributed by atoms with Crippen molar-refractivity contribution in [3.63, 3.8) is 0 Å². The van der Waals surface area contributed by atoms with Crippen molar-refractivity contribution in [1.82, 2.24) is 0 Å². The first-order valence-electron chi connectivity index (χ1n) is 10.3. The molecule has 0 spiro atoms. The van der Waals surface area contributed by atoms with Crippen LogP contribution in [0.15, 0.2) is 78.9 Å². The smallest absolute Gasteiger partial charge is 0.139 e. The molecule has 0 aliphatic heterocycles. The molecule has 3 N–H and O–H groups in total. The second-order valence-corrected chi connectivity index (χ2v) is 7.87. The summed E-state index contributed by atoms with van der Waals surface area (Å²) in [5, 5.41) is 31.3. The Labute approximate surface area is 187 Å². The normalized spacial score (nSPS) is 10.7. The van der Waals surface area contributed by atoms with Crippen LogP contribution in [0.1, 0.15) is 16.7 Å². The number of ether oxygens (including phenoxy) is 1. The lowest BCUT2D eigenvalue weighted by molar-refractivity contribution is 0.453. The molecule has 4 aromatic carbocycles. The molecule has 0 radical (unpaired) electrons. The van der Waals surface area contributed by atoms with E-state index >= 15 is 0 Å². The van der Waals surface area contributed by atoms with Crippen LogP contribution in [-0.2, 0) is 0 Å². The summed E-state index contributed by atoms with van der Waals surface area (Å²) in [7, 11) is 0. The van der Waals surface area contributed by atoms with Crippen LogP contribution in [0.25, 0.3) is 0 Å². The van der Waals surface area contributed by atoms with Crippen LogP contribution < -0.4 is 9.64 Å². The molecule has 0 amide bonds. The third kappa shape index (κ3) is 4.32. The summed E-state index contributed by atoms with van der Waals surface area (Å²) in [6.07, 6.45) is 0. The standard InChI is InChI=1S/C27H25NO4/c1-17-7-11-23(25(30)13-17)28(24-12-8-18(2)14-26(24)31)20-5-4-6-22(15-20)32-27-16-21(29)10-9-19(27)3/h4-16,29-31H,1-3H3. The van der Waals surface area contributed by atoms with E-state index in [-0.39, 0.29) is 17.2 Å². The maximum atomic E-state index is 10.7. The number of hydrogen-bond donors (Lipinski definition) is 3. The summed E-state index contributed by atoms with van der Waals surface area (Å²) >= 11 is 0. The third-order valence-corrected chi connectivity index (χ3v) is 5.22. The van der Waals surface area contributed by atoms with E-state index in [1.165, 1.54) is 0 Å². The van der Waals surface area contributed by atoms with Gasteiger partial charge in [0.15, 0.2) is 0 Å². The van der Waals surface area contributed by atoms with Gasteiger partial charge in [0.1, 0.15) is 28.7 Å². The molecular formula is C27H25NO4. The van der Waals surface area contributed by atoms with Gasteiger partial charge in [0.25, 0.3) is 0 Å². The van der Waals surface area contributed by atoms with E-state index in [1.54, 1.807) is 35.2 Å². The highest BCUT2D eigenvalue weighted by Gasteiger charge is 2.20. The van der Waals surface area contributed by atoms with Crippen LogP contribution in [-0.4, -0.2) is 15.3 Å². The molecule has 0 heterocycles. The van der Waals surface area contributed by atoms with Crippen molar-refractivity contribution in [1.29, 1.82) is 0 Å². The number of anilines is 3. The third-order valence-electron chi connectivity index (χ3n) is 5.22. The summed E-state index contributed by atoms with van der Waals surface area (Å²) in [6, 6.07) is 23.1. The Bertz CT molecular complexity index is 1230. The maximum Gasteiger partial charge on any atom is 0.139 e. The van der Waals surface area contributed by atoms with E-state index in [1.807, 2.05) is 69.3 Å². The van der Waals surface area contributed by atoms with E-state index in [0.717, 1.165) is 16.7 Å². The first-order chi connectivity index (χ1) is 15.3. The summed E-state index contributed by atoms with van der Waals surface area (Å²) in [5.74, 6) is 1.42. The molecule has 0 aromatic heterocycles. The van der Waals surface area contributed by atoms with E-state index in [9.17, 15) is 15.3 Å². The summed E-state index contributed by atoms with van der Waals surface area (Å²) in [4.78, 5) is 1.78. The Balaban J connectivity index is 1.83. The summed E-state index contributed by atoms with van der Waals surface area (Å²) in [5.41, 5.74) is 4.49. The molecule has 0 saturated heterocycles. The van der Waals surface area contributed by atoms with Gasteiger partial charge in [-0.25, -0.2) is 0 Å². The topological polar surface area (TPSA) is 73.2 Å². The fraction of sp³-hybridized carbons (Fsp3) is 0.111. The molecule has 4 rings (SSSR count). The molecule has 0 fully saturated rings. The molecular weight excluding hydrogens is 402 g/mol. The van der Waals surface area contributed by atoms with Crippen molar-refractivity contribution in [3.05, 3.63) is 95.6 Å². The zero-order valence-electron chi connectivity index (χ0n) is 18.2. The number of phenols is 3. The summed E-state index contributed by atoms with van der Waals surface area (Å²) in [6.45, 7) is 5.71. The molecule has 0 saturated carbocycles. The van der Waals surface area contributed by atoms with E-state index in [0.29, 0.717) is 28.6 Å². The Kier molecular flexibility index (Phi) is 5.65. The fourth-order valence-electron chi connectivity index (χ4n) is 3.56. The lowest BCUT2D eigenvalue weighted by Crippen LogP contribution is -2.10.